The highest BCUT2D eigenvalue weighted by atomic mass is 79.9. The van der Waals surface area contributed by atoms with E-state index in [0.717, 1.165) is 0 Å². The number of carboxylic acids is 1. The highest BCUT2D eigenvalue weighted by Gasteiger charge is 2.27. The maximum atomic E-state index is 12.1. The van der Waals surface area contributed by atoms with Gasteiger partial charge in [-0.1, -0.05) is 0 Å². The lowest BCUT2D eigenvalue weighted by molar-refractivity contribution is -0.139. The van der Waals surface area contributed by atoms with E-state index in [9.17, 15) is 18.0 Å². The van der Waals surface area contributed by atoms with Gasteiger partial charge in [-0.2, -0.15) is 13.2 Å². The van der Waals surface area contributed by atoms with Gasteiger partial charge in [0, 0.05) is 0 Å². The Morgan fingerprint density at radius 3 is 2.50 bits per heavy atom. The molecule has 1 rings (SSSR count). The van der Waals surface area contributed by atoms with Gasteiger partial charge in [0.25, 0.3) is 0 Å². The molecule has 1 aromatic rings. The molecule has 0 saturated heterocycles. The molecule has 0 aliphatic carbocycles. The highest BCUT2D eigenvalue weighted by Crippen LogP contribution is 2.37. The zero-order valence-corrected chi connectivity index (χ0v) is 12.0. The number of halogens is 4. The van der Waals surface area contributed by atoms with Gasteiger partial charge in [0.1, 0.15) is 0 Å². The van der Waals surface area contributed by atoms with E-state index < -0.39 is 25.2 Å². The Hall–Kier alpha value is -1.44. The quantitative estimate of drug-likeness (QED) is 0.840. The van der Waals surface area contributed by atoms with E-state index in [0.29, 0.717) is 0 Å². The number of rotatable bonds is 6. The Morgan fingerprint density at radius 1 is 1.35 bits per heavy atom. The molecule has 0 aromatic heterocycles. The minimum atomic E-state index is -4.32. The van der Waals surface area contributed by atoms with Gasteiger partial charge in [0.05, 0.1) is 29.7 Å². The summed E-state index contributed by atoms with van der Waals surface area (Å²) < 4.78 is 46.7. The van der Waals surface area contributed by atoms with Crippen LogP contribution in [0.1, 0.15) is 23.7 Å². The maximum Gasteiger partial charge on any atom is 0.392 e. The Labute approximate surface area is 121 Å². The number of carboxylic acid groups (broad SMARTS) is 1. The number of hydrogen-bond donors (Lipinski definition) is 1. The summed E-state index contributed by atoms with van der Waals surface area (Å²) in [7, 11) is 0. The molecule has 112 valence electrons. The van der Waals surface area contributed by atoms with Gasteiger partial charge in [-0.25, -0.2) is 4.79 Å². The van der Waals surface area contributed by atoms with Crippen molar-refractivity contribution in [2.24, 2.45) is 0 Å². The fourth-order valence-corrected chi connectivity index (χ4v) is 1.92. The molecular weight excluding hydrogens is 345 g/mol. The molecule has 8 heteroatoms. The van der Waals surface area contributed by atoms with Gasteiger partial charge in [0.2, 0.25) is 0 Å². The van der Waals surface area contributed by atoms with Crippen molar-refractivity contribution in [2.45, 2.75) is 19.5 Å². The van der Waals surface area contributed by atoms with Gasteiger partial charge >= 0.3 is 12.1 Å². The molecule has 0 spiro atoms. The topological polar surface area (TPSA) is 55.8 Å². The van der Waals surface area contributed by atoms with E-state index in [4.69, 9.17) is 14.6 Å². The minimum Gasteiger partial charge on any atom is -0.490 e. The number of alkyl halides is 3. The largest absolute Gasteiger partial charge is 0.490 e. The molecule has 20 heavy (non-hydrogen) atoms. The predicted molar refractivity (Wildman–Crippen MR) is 68.4 cm³/mol. The molecule has 0 heterocycles. The molecule has 1 aromatic carbocycles. The number of ether oxygens (including phenoxy) is 2. The molecule has 0 radical (unpaired) electrons. The van der Waals surface area contributed by atoms with Crippen LogP contribution in [-0.2, 0) is 0 Å². The second kappa shape index (κ2) is 6.83. The van der Waals surface area contributed by atoms with Crippen molar-refractivity contribution in [3.8, 4) is 11.5 Å². The van der Waals surface area contributed by atoms with E-state index in [1.165, 1.54) is 12.1 Å². The Bertz CT molecular complexity index is 488. The molecule has 0 aliphatic rings. The average Bonchev–Trinajstić information content (AvgIpc) is 2.30. The average molecular weight is 357 g/mol. The molecule has 0 fully saturated rings. The fourth-order valence-electron chi connectivity index (χ4n) is 1.36. The molecule has 0 amide bonds. The molecule has 0 atom stereocenters. The summed E-state index contributed by atoms with van der Waals surface area (Å²) in [6, 6.07) is 2.45. The van der Waals surface area contributed by atoms with Crippen LogP contribution in [0, 0.1) is 0 Å². The summed E-state index contributed by atoms with van der Waals surface area (Å²) in [4.78, 5) is 10.9. The lowest BCUT2D eigenvalue weighted by Gasteiger charge is -2.15. The van der Waals surface area contributed by atoms with E-state index in [1.54, 1.807) is 6.92 Å². The first kappa shape index (κ1) is 16.6. The van der Waals surface area contributed by atoms with Crippen LogP contribution < -0.4 is 9.47 Å². The van der Waals surface area contributed by atoms with Crippen molar-refractivity contribution in [3.63, 3.8) is 0 Å². The van der Waals surface area contributed by atoms with Gasteiger partial charge in [-0.3, -0.25) is 0 Å². The molecule has 0 unspecified atom stereocenters. The van der Waals surface area contributed by atoms with Gasteiger partial charge in [0.15, 0.2) is 11.5 Å². The van der Waals surface area contributed by atoms with Crippen molar-refractivity contribution >= 4 is 21.9 Å². The summed E-state index contributed by atoms with van der Waals surface area (Å²) in [5.74, 6) is -1.03. The maximum absolute atomic E-state index is 12.1. The molecule has 0 saturated carbocycles. The van der Waals surface area contributed by atoms with Gasteiger partial charge in [-0.15, -0.1) is 0 Å². The number of benzene rings is 1. The predicted octanol–water partition coefficient (Wildman–Crippen LogP) is 3.88. The van der Waals surface area contributed by atoms with E-state index >= 15 is 0 Å². The number of hydrogen-bond acceptors (Lipinski definition) is 3. The first-order valence-electron chi connectivity index (χ1n) is 5.63. The van der Waals surface area contributed by atoms with E-state index in [2.05, 4.69) is 15.9 Å². The first-order chi connectivity index (χ1) is 9.24. The summed E-state index contributed by atoms with van der Waals surface area (Å²) in [5.41, 5.74) is -0.0523. The number of aromatic carboxylic acids is 1. The van der Waals surface area contributed by atoms with Crippen LogP contribution in [0.15, 0.2) is 16.6 Å². The van der Waals surface area contributed by atoms with Crippen molar-refractivity contribution in [3.05, 3.63) is 22.2 Å². The summed E-state index contributed by atoms with van der Waals surface area (Å²) in [5, 5.41) is 8.91. The molecule has 1 N–H and O–H groups in total. The van der Waals surface area contributed by atoms with Crippen molar-refractivity contribution in [1.82, 2.24) is 0 Å². The molecule has 0 bridgehead atoms. The van der Waals surface area contributed by atoms with Crippen LogP contribution in [-0.4, -0.2) is 30.5 Å². The summed E-state index contributed by atoms with van der Waals surface area (Å²) in [6.45, 7) is 1.32. The molecule has 0 aliphatic heterocycles. The van der Waals surface area contributed by atoms with Crippen LogP contribution in [0.2, 0.25) is 0 Å². The van der Waals surface area contributed by atoms with Gasteiger partial charge < -0.3 is 14.6 Å². The van der Waals surface area contributed by atoms with Crippen molar-refractivity contribution in [2.75, 3.05) is 13.2 Å². The second-order valence-corrected chi connectivity index (χ2v) is 4.59. The van der Waals surface area contributed by atoms with Crippen LogP contribution >= 0.6 is 15.9 Å². The summed E-state index contributed by atoms with van der Waals surface area (Å²) >= 11 is 3.07. The van der Waals surface area contributed by atoms with Crippen LogP contribution in [0.4, 0.5) is 13.2 Å². The lowest BCUT2D eigenvalue weighted by Crippen LogP contribution is -2.13. The third-order valence-corrected chi connectivity index (χ3v) is 2.78. The first-order valence-corrected chi connectivity index (χ1v) is 6.43. The van der Waals surface area contributed by atoms with E-state index in [1.807, 2.05) is 0 Å². The zero-order chi connectivity index (χ0) is 15.3. The number of carbonyl (C=O) groups is 1. The van der Waals surface area contributed by atoms with Crippen LogP contribution in [0.25, 0.3) is 0 Å². The van der Waals surface area contributed by atoms with Crippen LogP contribution in [0.5, 0.6) is 11.5 Å². The van der Waals surface area contributed by atoms with E-state index in [-0.39, 0.29) is 28.1 Å². The lowest BCUT2D eigenvalue weighted by atomic mass is 10.2. The standard InChI is InChI=1S/C12H12BrF3O4/c1-2-19-9-6-7(11(17)18)5-8(13)10(9)20-4-3-12(14,15)16/h5-6H,2-4H2,1H3,(H,17,18). The minimum absolute atomic E-state index is 0.0523. The van der Waals surface area contributed by atoms with Crippen LogP contribution in [0.3, 0.4) is 0 Å². The normalized spacial score (nSPS) is 11.2. The Morgan fingerprint density at radius 2 is 2.00 bits per heavy atom. The van der Waals surface area contributed by atoms with Crippen molar-refractivity contribution < 1.29 is 32.5 Å². The van der Waals surface area contributed by atoms with Crippen molar-refractivity contribution in [1.29, 1.82) is 0 Å². The Kier molecular flexibility index (Phi) is 5.67. The highest BCUT2D eigenvalue weighted by molar-refractivity contribution is 9.10. The van der Waals surface area contributed by atoms with Gasteiger partial charge in [-0.05, 0) is 35.0 Å². The zero-order valence-electron chi connectivity index (χ0n) is 10.5. The molecule has 4 nitrogen and oxygen atoms in total. The fraction of sp³-hybridized carbons (Fsp3) is 0.417. The monoisotopic (exact) mass is 356 g/mol. The second-order valence-electron chi connectivity index (χ2n) is 3.74. The third kappa shape index (κ3) is 4.92. The SMILES string of the molecule is CCOc1cc(C(=O)O)cc(Br)c1OCCC(F)(F)F. The smallest absolute Gasteiger partial charge is 0.392 e. The summed E-state index contributed by atoms with van der Waals surface area (Å²) in [6.07, 6.45) is -5.43. The Balaban J connectivity index is 2.96. The third-order valence-electron chi connectivity index (χ3n) is 2.19. The molecular formula is C12H12BrF3O4.